The van der Waals surface area contributed by atoms with Crippen molar-refractivity contribution in [1.29, 1.82) is 0 Å². The number of nitro benzene ring substituents is 1. The van der Waals surface area contributed by atoms with E-state index in [1.54, 1.807) is 6.20 Å². The first-order valence-electron chi connectivity index (χ1n) is 5.74. The molecule has 2 rings (SSSR count). The van der Waals surface area contributed by atoms with Crippen LogP contribution in [0.2, 0.25) is 0 Å². The van der Waals surface area contributed by atoms with Crippen molar-refractivity contribution in [2.24, 2.45) is 0 Å². The molecule has 1 aromatic carbocycles. The topological polar surface area (TPSA) is 68.1 Å². The summed E-state index contributed by atoms with van der Waals surface area (Å²) in [5.41, 5.74) is -0.688. The summed E-state index contributed by atoms with van der Waals surface area (Å²) < 4.78 is 26.8. The van der Waals surface area contributed by atoms with Crippen molar-refractivity contribution >= 4 is 17.0 Å². The monoisotopic (exact) mass is 299 g/mol. The third-order valence-electron chi connectivity index (χ3n) is 2.73. The van der Waals surface area contributed by atoms with Crippen LogP contribution in [0.5, 0.6) is 0 Å². The van der Waals surface area contributed by atoms with Crippen molar-refractivity contribution in [2.45, 2.75) is 19.5 Å². The van der Waals surface area contributed by atoms with Gasteiger partial charge in [0.15, 0.2) is 0 Å². The lowest BCUT2D eigenvalue weighted by molar-refractivity contribution is -0.387. The maximum Gasteiger partial charge on any atom is 0.305 e. The zero-order chi connectivity index (χ0) is 14.7. The summed E-state index contributed by atoms with van der Waals surface area (Å²) in [6, 6.07) is 1.31. The Morgan fingerprint density at radius 1 is 1.45 bits per heavy atom. The fraction of sp³-hybridized carbons (Fsp3) is 0.250. The second kappa shape index (κ2) is 6.02. The molecule has 0 amide bonds. The second-order valence-electron chi connectivity index (χ2n) is 4.13. The molecule has 0 aliphatic carbocycles. The molecule has 20 heavy (non-hydrogen) atoms. The number of nitro groups is 1. The molecule has 0 bridgehead atoms. The van der Waals surface area contributed by atoms with Gasteiger partial charge in [-0.3, -0.25) is 10.1 Å². The first-order chi connectivity index (χ1) is 9.49. The van der Waals surface area contributed by atoms with Gasteiger partial charge in [-0.25, -0.2) is 9.37 Å². The first kappa shape index (κ1) is 14.5. The highest BCUT2D eigenvalue weighted by molar-refractivity contribution is 7.09. The maximum atomic E-state index is 13.6. The van der Waals surface area contributed by atoms with Crippen LogP contribution in [-0.4, -0.2) is 9.91 Å². The van der Waals surface area contributed by atoms with Gasteiger partial charge < -0.3 is 5.32 Å². The van der Waals surface area contributed by atoms with Crippen LogP contribution in [0.1, 0.15) is 23.5 Å². The maximum absolute atomic E-state index is 13.6. The predicted octanol–water partition coefficient (Wildman–Crippen LogP) is 3.18. The molecule has 2 aromatic rings. The van der Waals surface area contributed by atoms with Crippen LogP contribution < -0.4 is 5.32 Å². The Balaban J connectivity index is 2.13. The van der Waals surface area contributed by atoms with Crippen molar-refractivity contribution < 1.29 is 13.7 Å². The minimum absolute atomic E-state index is 0.0431. The Bertz CT molecular complexity index is 619. The van der Waals surface area contributed by atoms with Crippen LogP contribution in [0, 0.1) is 21.7 Å². The molecule has 1 heterocycles. The van der Waals surface area contributed by atoms with Gasteiger partial charge in [-0.05, 0) is 6.92 Å². The molecule has 0 aliphatic heterocycles. The lowest BCUT2D eigenvalue weighted by Gasteiger charge is -2.11. The van der Waals surface area contributed by atoms with E-state index in [0.29, 0.717) is 6.07 Å². The zero-order valence-corrected chi connectivity index (χ0v) is 11.3. The van der Waals surface area contributed by atoms with Crippen LogP contribution in [0.15, 0.2) is 23.7 Å². The van der Waals surface area contributed by atoms with E-state index in [0.717, 1.165) is 11.1 Å². The van der Waals surface area contributed by atoms with Crippen LogP contribution >= 0.6 is 11.3 Å². The molecule has 0 saturated heterocycles. The van der Waals surface area contributed by atoms with Gasteiger partial charge in [0.2, 0.25) is 5.82 Å². The smallest absolute Gasteiger partial charge is 0.304 e. The van der Waals surface area contributed by atoms with Crippen LogP contribution in [0.3, 0.4) is 0 Å². The van der Waals surface area contributed by atoms with Gasteiger partial charge in [-0.1, -0.05) is 0 Å². The molecule has 0 spiro atoms. The molecule has 1 aromatic heterocycles. The Morgan fingerprint density at radius 3 is 2.80 bits per heavy atom. The van der Waals surface area contributed by atoms with E-state index >= 15 is 0 Å². The molecule has 1 unspecified atom stereocenters. The lowest BCUT2D eigenvalue weighted by atomic mass is 10.1. The Kier molecular flexibility index (Phi) is 4.35. The van der Waals surface area contributed by atoms with E-state index in [4.69, 9.17) is 0 Å². The molecule has 0 aliphatic rings. The summed E-state index contributed by atoms with van der Waals surface area (Å²) in [5.74, 6) is -1.99. The molecule has 1 N–H and O–H groups in total. The number of nitrogens with one attached hydrogen (secondary N) is 1. The van der Waals surface area contributed by atoms with Crippen molar-refractivity contribution in [3.8, 4) is 0 Å². The molecule has 0 radical (unpaired) electrons. The molecule has 0 saturated carbocycles. The number of benzene rings is 1. The molecule has 0 fully saturated rings. The minimum Gasteiger partial charge on any atom is -0.304 e. The van der Waals surface area contributed by atoms with E-state index in [2.05, 4.69) is 10.3 Å². The van der Waals surface area contributed by atoms with Gasteiger partial charge in [0.05, 0.1) is 11.0 Å². The highest BCUT2D eigenvalue weighted by atomic mass is 32.1. The Morgan fingerprint density at radius 2 is 2.20 bits per heavy atom. The number of nitrogens with zero attached hydrogens (tertiary/aromatic N) is 2. The number of hydrogen-bond acceptors (Lipinski definition) is 5. The summed E-state index contributed by atoms with van der Waals surface area (Å²) in [6.07, 6.45) is 1.65. The highest BCUT2D eigenvalue weighted by Crippen LogP contribution is 2.22. The number of halogens is 2. The van der Waals surface area contributed by atoms with Gasteiger partial charge in [0.1, 0.15) is 10.8 Å². The largest absolute Gasteiger partial charge is 0.305 e. The molecule has 1 atom stereocenters. The van der Waals surface area contributed by atoms with E-state index in [1.807, 2.05) is 12.3 Å². The fourth-order valence-corrected chi connectivity index (χ4v) is 2.33. The van der Waals surface area contributed by atoms with Gasteiger partial charge in [0, 0.05) is 35.8 Å². The molecular weight excluding hydrogens is 288 g/mol. The predicted molar refractivity (Wildman–Crippen MR) is 70.4 cm³/mol. The van der Waals surface area contributed by atoms with Crippen LogP contribution in [-0.2, 0) is 6.54 Å². The standard InChI is InChI=1S/C12H11F2N3O2S/c1-7(12-15-2-3-20-12)16-6-8-4-11(17(18)19)10(14)5-9(8)13/h2-5,7,16H,6H2,1H3. The number of aromatic nitrogens is 1. The zero-order valence-electron chi connectivity index (χ0n) is 10.5. The Hall–Kier alpha value is -1.93. The quantitative estimate of drug-likeness (QED) is 0.680. The lowest BCUT2D eigenvalue weighted by Crippen LogP contribution is -2.19. The van der Waals surface area contributed by atoms with E-state index < -0.39 is 22.2 Å². The molecule has 5 nitrogen and oxygen atoms in total. The molecule has 106 valence electrons. The third kappa shape index (κ3) is 3.14. The number of thiazole rings is 1. The van der Waals surface area contributed by atoms with Crippen molar-refractivity contribution in [3.05, 3.63) is 56.0 Å². The minimum atomic E-state index is -1.18. The normalized spacial score (nSPS) is 12.3. The summed E-state index contributed by atoms with van der Waals surface area (Å²) in [6.45, 7) is 1.89. The average molecular weight is 299 g/mol. The second-order valence-corrected chi connectivity index (χ2v) is 5.05. The van der Waals surface area contributed by atoms with E-state index in [1.165, 1.54) is 11.3 Å². The van der Waals surface area contributed by atoms with Gasteiger partial charge >= 0.3 is 5.69 Å². The SMILES string of the molecule is CC(NCc1cc([N+](=O)[O-])c(F)cc1F)c1nccs1. The fourth-order valence-electron chi connectivity index (χ4n) is 1.65. The summed E-state index contributed by atoms with van der Waals surface area (Å²) >= 11 is 1.45. The number of hydrogen-bond donors (Lipinski definition) is 1. The number of rotatable bonds is 5. The Labute approximate surface area is 117 Å². The van der Waals surface area contributed by atoms with Gasteiger partial charge in [-0.15, -0.1) is 11.3 Å². The summed E-state index contributed by atoms with van der Waals surface area (Å²) in [4.78, 5) is 13.9. The molecule has 8 heteroatoms. The van der Waals surface area contributed by atoms with E-state index in [-0.39, 0.29) is 18.2 Å². The van der Waals surface area contributed by atoms with Crippen molar-refractivity contribution in [1.82, 2.24) is 10.3 Å². The van der Waals surface area contributed by atoms with Crippen molar-refractivity contribution in [3.63, 3.8) is 0 Å². The first-order valence-corrected chi connectivity index (χ1v) is 6.62. The average Bonchev–Trinajstić information content (AvgIpc) is 2.90. The van der Waals surface area contributed by atoms with Gasteiger partial charge in [-0.2, -0.15) is 4.39 Å². The molecular formula is C12H11F2N3O2S. The summed E-state index contributed by atoms with van der Waals surface area (Å²) in [5, 5.41) is 16.3. The van der Waals surface area contributed by atoms with Crippen LogP contribution in [0.4, 0.5) is 14.5 Å². The van der Waals surface area contributed by atoms with Gasteiger partial charge in [0.25, 0.3) is 0 Å². The summed E-state index contributed by atoms with van der Waals surface area (Å²) in [7, 11) is 0. The van der Waals surface area contributed by atoms with E-state index in [9.17, 15) is 18.9 Å². The van der Waals surface area contributed by atoms with Crippen LogP contribution in [0.25, 0.3) is 0 Å². The third-order valence-corrected chi connectivity index (χ3v) is 3.69. The highest BCUT2D eigenvalue weighted by Gasteiger charge is 2.19. The van der Waals surface area contributed by atoms with Crippen molar-refractivity contribution in [2.75, 3.05) is 0 Å².